The highest BCUT2D eigenvalue weighted by atomic mass is 19.1. The number of amides is 1. The molecule has 1 N–H and O–H groups in total. The van der Waals surface area contributed by atoms with Crippen LogP contribution in [0.25, 0.3) is 0 Å². The first-order chi connectivity index (χ1) is 14.6. The number of hydrogen-bond donors (Lipinski definition) is 1. The molecule has 0 saturated carbocycles. The molecule has 0 spiro atoms. The Bertz CT molecular complexity index is 1010. The topological polar surface area (TPSA) is 69.2 Å². The first kappa shape index (κ1) is 20.9. The average molecular weight is 408 g/mol. The molecule has 3 aromatic carbocycles. The number of rotatable bonds is 9. The third-order valence-corrected chi connectivity index (χ3v) is 4.00. The molecule has 3 rings (SSSR count). The van der Waals surface area contributed by atoms with Crippen molar-refractivity contribution >= 4 is 17.8 Å². The lowest BCUT2D eigenvalue weighted by molar-refractivity contribution is -0.120. The molecule has 0 bridgehead atoms. The summed E-state index contributed by atoms with van der Waals surface area (Å²) in [5.74, 6) is 0.392. The van der Waals surface area contributed by atoms with Crippen LogP contribution in [0.2, 0.25) is 0 Å². The minimum Gasteiger partial charge on any atom is -0.493 e. The maximum absolute atomic E-state index is 13.3. The summed E-state index contributed by atoms with van der Waals surface area (Å²) in [6.45, 7) is -0.00144. The lowest BCUT2D eigenvalue weighted by Crippen LogP contribution is -2.16. The van der Waals surface area contributed by atoms with Gasteiger partial charge in [-0.25, -0.2) is 4.39 Å². The molecule has 6 nitrogen and oxygen atoms in total. The van der Waals surface area contributed by atoms with Crippen molar-refractivity contribution in [1.82, 2.24) is 0 Å². The normalized spacial score (nSPS) is 10.6. The maximum Gasteiger partial charge on any atom is 0.265 e. The van der Waals surface area contributed by atoms with Gasteiger partial charge in [0, 0.05) is 11.3 Å². The van der Waals surface area contributed by atoms with Gasteiger partial charge in [0.1, 0.15) is 12.4 Å². The minimum absolute atomic E-state index is 0.210. The number of carbonyl (C=O) groups is 1. The fourth-order valence-corrected chi connectivity index (χ4v) is 2.58. The number of halogens is 1. The molecule has 0 atom stereocenters. The smallest absolute Gasteiger partial charge is 0.265 e. The Morgan fingerprint density at radius 3 is 2.63 bits per heavy atom. The number of benzene rings is 3. The summed E-state index contributed by atoms with van der Waals surface area (Å²) >= 11 is 0. The molecule has 7 heteroatoms. The molecule has 0 saturated heterocycles. The van der Waals surface area contributed by atoms with Gasteiger partial charge < -0.3 is 19.6 Å². The van der Waals surface area contributed by atoms with Crippen LogP contribution in [0.4, 0.5) is 10.1 Å². The van der Waals surface area contributed by atoms with Crippen molar-refractivity contribution in [2.45, 2.75) is 6.61 Å². The fourth-order valence-electron chi connectivity index (χ4n) is 2.58. The molecule has 3 aromatic rings. The van der Waals surface area contributed by atoms with Gasteiger partial charge in [0.05, 0.1) is 13.3 Å². The van der Waals surface area contributed by atoms with E-state index in [0.29, 0.717) is 28.3 Å². The van der Waals surface area contributed by atoms with Crippen LogP contribution >= 0.6 is 0 Å². The van der Waals surface area contributed by atoms with E-state index in [0.717, 1.165) is 0 Å². The zero-order chi connectivity index (χ0) is 21.2. The second-order valence-electron chi connectivity index (χ2n) is 6.25. The van der Waals surface area contributed by atoms with Gasteiger partial charge >= 0.3 is 0 Å². The van der Waals surface area contributed by atoms with Crippen LogP contribution in [-0.4, -0.2) is 25.8 Å². The molecule has 0 fully saturated rings. The Hall–Kier alpha value is -3.87. The van der Waals surface area contributed by atoms with Crippen molar-refractivity contribution in [2.24, 2.45) is 5.16 Å². The number of para-hydroxylation sites is 1. The molecule has 0 heterocycles. The van der Waals surface area contributed by atoms with Gasteiger partial charge in [0.15, 0.2) is 18.1 Å². The van der Waals surface area contributed by atoms with Gasteiger partial charge in [-0.1, -0.05) is 35.5 Å². The van der Waals surface area contributed by atoms with E-state index in [-0.39, 0.29) is 24.9 Å². The molecule has 30 heavy (non-hydrogen) atoms. The van der Waals surface area contributed by atoms with E-state index >= 15 is 0 Å². The van der Waals surface area contributed by atoms with E-state index in [1.54, 1.807) is 42.5 Å². The molecule has 0 aliphatic carbocycles. The molecular formula is C23H21FN2O4. The van der Waals surface area contributed by atoms with Crippen molar-refractivity contribution in [3.63, 3.8) is 0 Å². The summed E-state index contributed by atoms with van der Waals surface area (Å²) in [4.78, 5) is 16.9. The number of ether oxygens (including phenoxy) is 2. The van der Waals surface area contributed by atoms with E-state index in [1.165, 1.54) is 25.5 Å². The highest BCUT2D eigenvalue weighted by Gasteiger charge is 2.07. The van der Waals surface area contributed by atoms with Gasteiger partial charge in [-0.15, -0.1) is 0 Å². The van der Waals surface area contributed by atoms with Crippen LogP contribution in [0.5, 0.6) is 11.5 Å². The Balaban J connectivity index is 1.51. The molecule has 0 aliphatic heterocycles. The zero-order valence-electron chi connectivity index (χ0n) is 16.4. The van der Waals surface area contributed by atoms with Crippen molar-refractivity contribution in [3.8, 4) is 11.5 Å². The molecule has 0 aromatic heterocycles. The summed E-state index contributed by atoms with van der Waals surface area (Å²) in [5, 5.41) is 6.51. The Morgan fingerprint density at radius 2 is 1.87 bits per heavy atom. The summed E-state index contributed by atoms with van der Waals surface area (Å²) in [6.07, 6.45) is 1.47. The van der Waals surface area contributed by atoms with E-state index in [9.17, 15) is 9.18 Å². The fraction of sp³-hybridized carbons (Fsp3) is 0.130. The Kier molecular flexibility index (Phi) is 7.38. The molecule has 0 radical (unpaired) electrons. The second-order valence-corrected chi connectivity index (χ2v) is 6.25. The van der Waals surface area contributed by atoms with Crippen LogP contribution in [0, 0.1) is 5.82 Å². The predicted octanol–water partition coefficient (Wildman–Crippen LogP) is 4.40. The molecule has 0 unspecified atom stereocenters. The number of anilines is 1. The number of nitrogens with one attached hydrogen (secondary N) is 1. The largest absolute Gasteiger partial charge is 0.493 e. The third kappa shape index (κ3) is 6.34. The first-order valence-corrected chi connectivity index (χ1v) is 9.19. The SMILES string of the molecule is COc1cc(C=NOCC(=O)Nc2ccccc2)ccc1OCc1cccc(F)c1. The summed E-state index contributed by atoms with van der Waals surface area (Å²) in [6, 6.07) is 20.5. The van der Waals surface area contributed by atoms with Crippen molar-refractivity contribution in [2.75, 3.05) is 19.0 Å². The zero-order valence-corrected chi connectivity index (χ0v) is 16.4. The number of hydrogen-bond acceptors (Lipinski definition) is 5. The monoisotopic (exact) mass is 408 g/mol. The van der Waals surface area contributed by atoms with Crippen LogP contribution in [0.1, 0.15) is 11.1 Å². The highest BCUT2D eigenvalue weighted by Crippen LogP contribution is 2.28. The van der Waals surface area contributed by atoms with E-state index in [2.05, 4.69) is 10.5 Å². The average Bonchev–Trinajstić information content (AvgIpc) is 2.76. The minimum atomic E-state index is -0.313. The lowest BCUT2D eigenvalue weighted by Gasteiger charge is -2.11. The Morgan fingerprint density at radius 1 is 1.03 bits per heavy atom. The van der Waals surface area contributed by atoms with Gasteiger partial charge in [-0.3, -0.25) is 4.79 Å². The van der Waals surface area contributed by atoms with Crippen LogP contribution in [-0.2, 0) is 16.2 Å². The third-order valence-electron chi connectivity index (χ3n) is 4.00. The summed E-state index contributed by atoms with van der Waals surface area (Å²) in [7, 11) is 1.52. The van der Waals surface area contributed by atoms with Crippen molar-refractivity contribution in [3.05, 3.63) is 89.7 Å². The van der Waals surface area contributed by atoms with Crippen LogP contribution in [0.15, 0.2) is 78.0 Å². The maximum atomic E-state index is 13.3. The molecule has 0 aliphatic rings. The molecule has 154 valence electrons. The summed E-state index contributed by atoms with van der Waals surface area (Å²) in [5.41, 5.74) is 2.10. The molecule has 1 amide bonds. The van der Waals surface area contributed by atoms with Gasteiger partial charge in [0.2, 0.25) is 0 Å². The van der Waals surface area contributed by atoms with Gasteiger partial charge in [-0.2, -0.15) is 0 Å². The van der Waals surface area contributed by atoms with E-state index in [1.807, 2.05) is 18.2 Å². The first-order valence-electron chi connectivity index (χ1n) is 9.19. The van der Waals surface area contributed by atoms with E-state index < -0.39 is 0 Å². The number of oxime groups is 1. The second kappa shape index (κ2) is 10.6. The van der Waals surface area contributed by atoms with E-state index in [4.69, 9.17) is 14.3 Å². The van der Waals surface area contributed by atoms with Gasteiger partial charge in [0.25, 0.3) is 5.91 Å². The van der Waals surface area contributed by atoms with Gasteiger partial charge in [-0.05, 0) is 48.0 Å². The number of nitrogens with zero attached hydrogens (tertiary/aromatic N) is 1. The number of carbonyl (C=O) groups excluding carboxylic acids is 1. The lowest BCUT2D eigenvalue weighted by atomic mass is 10.2. The highest BCUT2D eigenvalue weighted by molar-refractivity contribution is 5.91. The van der Waals surface area contributed by atoms with Crippen LogP contribution in [0.3, 0.4) is 0 Å². The number of methoxy groups -OCH3 is 1. The van der Waals surface area contributed by atoms with Crippen molar-refractivity contribution < 1.29 is 23.5 Å². The Labute approximate surface area is 173 Å². The quantitative estimate of drug-likeness (QED) is 0.421. The standard InChI is InChI=1S/C23H21FN2O4/c1-28-22-13-17(10-11-21(22)29-15-18-6-5-7-19(24)12-18)14-25-30-16-23(27)26-20-8-3-2-4-9-20/h2-14H,15-16H2,1H3,(H,26,27). The van der Waals surface area contributed by atoms with Crippen LogP contribution < -0.4 is 14.8 Å². The predicted molar refractivity (Wildman–Crippen MR) is 112 cm³/mol. The van der Waals surface area contributed by atoms with Crippen molar-refractivity contribution in [1.29, 1.82) is 0 Å². The molecular weight excluding hydrogens is 387 g/mol. The summed E-state index contributed by atoms with van der Waals surface area (Å²) < 4.78 is 24.3.